The quantitative estimate of drug-likeness (QED) is 0.369. The molecule has 0 atom stereocenters. The van der Waals surface area contributed by atoms with Crippen molar-refractivity contribution in [2.75, 3.05) is 34.8 Å². The highest BCUT2D eigenvalue weighted by Crippen LogP contribution is 2.50. The molecule has 0 saturated heterocycles. The van der Waals surface area contributed by atoms with Crippen LogP contribution in [-0.2, 0) is 18.3 Å². The van der Waals surface area contributed by atoms with Crippen LogP contribution in [0.25, 0.3) is 0 Å². The zero-order valence-electron chi connectivity index (χ0n) is 8.97. The van der Waals surface area contributed by atoms with Gasteiger partial charge < -0.3 is 0 Å². The predicted octanol–water partition coefficient (Wildman–Crippen LogP) is 1.28. The molecule has 0 aliphatic heterocycles. The molecule has 0 heterocycles. The van der Waals surface area contributed by atoms with E-state index in [2.05, 4.69) is 6.58 Å². The summed E-state index contributed by atoms with van der Waals surface area (Å²) in [5, 5.41) is 2.51. The van der Waals surface area contributed by atoms with Crippen molar-refractivity contribution in [3.63, 3.8) is 0 Å². The third kappa shape index (κ3) is 6.26. The molecule has 0 aromatic rings. The van der Waals surface area contributed by atoms with Crippen LogP contribution in [0.3, 0.4) is 0 Å². The van der Waals surface area contributed by atoms with Gasteiger partial charge in [-0.25, -0.2) is 4.57 Å². The second-order valence-electron chi connectivity index (χ2n) is 2.82. The van der Waals surface area contributed by atoms with Gasteiger partial charge >= 0.3 is 7.82 Å². The van der Waals surface area contributed by atoms with Crippen LogP contribution in [0.1, 0.15) is 0 Å². The standard InChI is InChI=1S/C7H17N2O4P/c1-6-7-11-14(10,12-8(2)3)13-9(4)5/h6H,1,7H2,2-5H3. The molecular weight excluding hydrogens is 207 g/mol. The van der Waals surface area contributed by atoms with E-state index >= 15 is 0 Å². The van der Waals surface area contributed by atoms with E-state index in [1.165, 1.54) is 16.2 Å². The van der Waals surface area contributed by atoms with Crippen molar-refractivity contribution >= 4 is 7.82 Å². The topological polar surface area (TPSA) is 51.2 Å². The van der Waals surface area contributed by atoms with Gasteiger partial charge in [-0.1, -0.05) is 6.08 Å². The van der Waals surface area contributed by atoms with Gasteiger partial charge in [0.2, 0.25) is 0 Å². The Labute approximate surface area is 84.6 Å². The van der Waals surface area contributed by atoms with Crippen molar-refractivity contribution in [3.8, 4) is 0 Å². The molecule has 0 aromatic heterocycles. The fourth-order valence-corrected chi connectivity index (χ4v) is 1.82. The van der Waals surface area contributed by atoms with Gasteiger partial charge in [0.05, 0.1) is 6.61 Å². The molecule has 0 amide bonds. The van der Waals surface area contributed by atoms with E-state index in [1.807, 2.05) is 0 Å². The van der Waals surface area contributed by atoms with Gasteiger partial charge in [0, 0.05) is 28.2 Å². The summed E-state index contributed by atoms with van der Waals surface area (Å²) in [6, 6.07) is 0. The Hall–Kier alpha value is -0.230. The number of nitrogens with zero attached hydrogens (tertiary/aromatic N) is 2. The molecule has 0 aliphatic carbocycles. The van der Waals surface area contributed by atoms with Crippen molar-refractivity contribution < 1.29 is 18.3 Å². The van der Waals surface area contributed by atoms with Crippen LogP contribution < -0.4 is 0 Å². The second kappa shape index (κ2) is 6.29. The van der Waals surface area contributed by atoms with Gasteiger partial charge in [-0.05, 0) is 0 Å². The number of hydrogen-bond acceptors (Lipinski definition) is 6. The van der Waals surface area contributed by atoms with Crippen LogP contribution in [0.15, 0.2) is 12.7 Å². The highest BCUT2D eigenvalue weighted by Gasteiger charge is 2.29. The summed E-state index contributed by atoms with van der Waals surface area (Å²) in [4.78, 5) is 0. The molecule has 0 radical (unpaired) electrons. The summed E-state index contributed by atoms with van der Waals surface area (Å²) >= 11 is 0. The van der Waals surface area contributed by atoms with E-state index in [1.54, 1.807) is 28.2 Å². The molecule has 84 valence electrons. The third-order valence-corrected chi connectivity index (χ3v) is 2.40. The van der Waals surface area contributed by atoms with Crippen molar-refractivity contribution in [1.82, 2.24) is 10.1 Å². The van der Waals surface area contributed by atoms with E-state index in [9.17, 15) is 4.57 Å². The van der Waals surface area contributed by atoms with Crippen LogP contribution in [0.4, 0.5) is 0 Å². The van der Waals surface area contributed by atoms with Crippen molar-refractivity contribution in [2.24, 2.45) is 0 Å². The van der Waals surface area contributed by atoms with Crippen molar-refractivity contribution in [1.29, 1.82) is 0 Å². The number of hydrogen-bond donors (Lipinski definition) is 0. The first-order chi connectivity index (χ1) is 6.39. The number of hydroxylamine groups is 4. The summed E-state index contributed by atoms with van der Waals surface area (Å²) < 4.78 is 26.5. The fourth-order valence-electron chi connectivity index (χ4n) is 0.606. The van der Waals surface area contributed by atoms with Crippen LogP contribution >= 0.6 is 7.82 Å². The zero-order chi connectivity index (χ0) is 11.2. The highest BCUT2D eigenvalue weighted by atomic mass is 31.2. The summed E-state index contributed by atoms with van der Waals surface area (Å²) in [5.41, 5.74) is 0. The van der Waals surface area contributed by atoms with Crippen molar-refractivity contribution in [3.05, 3.63) is 12.7 Å². The van der Waals surface area contributed by atoms with Gasteiger partial charge in [0.1, 0.15) is 0 Å². The smallest absolute Gasteiger partial charge is 0.281 e. The molecule has 0 aliphatic rings. The van der Waals surface area contributed by atoms with E-state index in [0.29, 0.717) is 0 Å². The first-order valence-electron chi connectivity index (χ1n) is 3.99. The highest BCUT2D eigenvalue weighted by molar-refractivity contribution is 7.48. The van der Waals surface area contributed by atoms with Crippen LogP contribution in [0.5, 0.6) is 0 Å². The Balaban J connectivity index is 4.32. The van der Waals surface area contributed by atoms with Crippen LogP contribution in [0.2, 0.25) is 0 Å². The molecule has 0 aromatic carbocycles. The largest absolute Gasteiger partial charge is 0.508 e. The minimum atomic E-state index is -3.57. The van der Waals surface area contributed by atoms with Crippen LogP contribution in [0, 0.1) is 0 Å². The van der Waals surface area contributed by atoms with Gasteiger partial charge in [-0.2, -0.15) is 19.4 Å². The SMILES string of the molecule is C=CCOP(=O)(ON(C)C)ON(C)C. The average Bonchev–Trinajstić information content (AvgIpc) is 1.97. The van der Waals surface area contributed by atoms with Gasteiger partial charge in [0.15, 0.2) is 0 Å². The number of phosphoric acid groups is 1. The maximum absolute atomic E-state index is 11.8. The lowest BCUT2D eigenvalue weighted by atomic mass is 10.7. The van der Waals surface area contributed by atoms with Gasteiger partial charge in [0.25, 0.3) is 0 Å². The second-order valence-corrected chi connectivity index (χ2v) is 4.30. The molecule has 0 fully saturated rings. The Morgan fingerprint density at radius 3 is 1.93 bits per heavy atom. The molecule has 0 rings (SSSR count). The monoisotopic (exact) mass is 224 g/mol. The molecular formula is C7H17N2O4P. The van der Waals surface area contributed by atoms with Crippen LogP contribution in [-0.4, -0.2) is 44.9 Å². The fraction of sp³-hybridized carbons (Fsp3) is 0.714. The normalized spacial score (nSPS) is 12.4. The van der Waals surface area contributed by atoms with E-state index in [0.717, 1.165) is 0 Å². The molecule has 0 unspecified atom stereocenters. The molecule has 0 N–H and O–H groups in total. The third-order valence-electron chi connectivity index (χ3n) is 0.877. The molecule has 0 saturated carbocycles. The molecule has 7 heteroatoms. The summed E-state index contributed by atoms with van der Waals surface area (Å²) in [6.07, 6.45) is 1.46. The Morgan fingerprint density at radius 2 is 1.64 bits per heavy atom. The summed E-state index contributed by atoms with van der Waals surface area (Å²) in [5.74, 6) is 0. The molecule has 0 spiro atoms. The van der Waals surface area contributed by atoms with E-state index in [-0.39, 0.29) is 6.61 Å². The maximum atomic E-state index is 11.8. The van der Waals surface area contributed by atoms with E-state index < -0.39 is 7.82 Å². The summed E-state index contributed by atoms with van der Waals surface area (Å²) in [6.45, 7) is 3.53. The minimum absolute atomic E-state index is 0.0962. The van der Waals surface area contributed by atoms with Gasteiger partial charge in [-0.15, -0.1) is 6.58 Å². The maximum Gasteiger partial charge on any atom is 0.508 e. The predicted molar refractivity (Wildman–Crippen MR) is 53.3 cm³/mol. The average molecular weight is 224 g/mol. The lowest BCUT2D eigenvalue weighted by Gasteiger charge is -2.22. The Morgan fingerprint density at radius 1 is 1.21 bits per heavy atom. The number of rotatable bonds is 7. The van der Waals surface area contributed by atoms with E-state index in [4.69, 9.17) is 13.8 Å². The molecule has 14 heavy (non-hydrogen) atoms. The first kappa shape index (κ1) is 13.8. The Bertz CT molecular complexity index is 206. The molecule has 6 nitrogen and oxygen atoms in total. The summed E-state index contributed by atoms with van der Waals surface area (Å²) in [7, 11) is 2.78. The zero-order valence-corrected chi connectivity index (χ0v) is 9.86. The minimum Gasteiger partial charge on any atom is -0.281 e. The van der Waals surface area contributed by atoms with Crippen molar-refractivity contribution in [2.45, 2.75) is 0 Å². The Kier molecular flexibility index (Phi) is 6.19. The van der Waals surface area contributed by atoms with Gasteiger partial charge in [-0.3, -0.25) is 4.52 Å². The lowest BCUT2D eigenvalue weighted by molar-refractivity contribution is -0.105. The first-order valence-corrected chi connectivity index (χ1v) is 5.45. The molecule has 0 bridgehead atoms. The lowest BCUT2D eigenvalue weighted by Crippen LogP contribution is -2.18.